The van der Waals surface area contributed by atoms with Crippen LogP contribution in [0.4, 0.5) is 4.20 Å². The van der Waals surface area contributed by atoms with E-state index in [1.807, 2.05) is 0 Å². The van der Waals surface area contributed by atoms with Gasteiger partial charge in [-0.05, 0) is 0 Å². The first-order valence-electron chi connectivity index (χ1n) is 0.752. The zero-order valence-corrected chi connectivity index (χ0v) is 6.73. The summed E-state index contributed by atoms with van der Waals surface area (Å²) >= 11 is 0. The van der Waals surface area contributed by atoms with Crippen LogP contribution in [0.25, 0.3) is 0 Å². The monoisotopic (exact) mass is 242 g/mol. The zero-order valence-electron chi connectivity index (χ0n) is 2.63. The van der Waals surface area contributed by atoms with Gasteiger partial charge in [-0.15, -0.1) is 4.20 Å². The third-order valence-electron chi connectivity index (χ3n) is 0. The summed E-state index contributed by atoms with van der Waals surface area (Å²) in [5, 5.41) is 0. The van der Waals surface area contributed by atoms with Crippen LogP contribution in [0, 0.1) is 40.8 Å². The van der Waals surface area contributed by atoms with Crippen molar-refractivity contribution in [2.75, 3.05) is 0 Å². The quantitative estimate of drug-likeness (QED) is 0.592. The van der Waals surface area contributed by atoms with E-state index < -0.39 is 7.91 Å². The van der Waals surface area contributed by atoms with E-state index in [2.05, 4.69) is 0 Å². The van der Waals surface area contributed by atoms with Crippen LogP contribution in [0.3, 0.4) is 0 Å². The fraction of sp³-hybridized carbons (Fsp3) is 0. The Labute approximate surface area is 66.7 Å². The number of hydrogen-bond acceptors (Lipinski definition) is 1. The van der Waals surface area contributed by atoms with Gasteiger partial charge in [0.2, 0.25) is 0 Å². The van der Waals surface area contributed by atoms with E-state index >= 15 is 0 Å². The largest absolute Gasteiger partial charge is 0.507 e. The van der Waals surface area contributed by atoms with Crippen molar-refractivity contribution in [3.05, 3.63) is 0 Å². The molecular formula is H2FNdO3P. The van der Waals surface area contributed by atoms with Crippen molar-refractivity contribution in [2.24, 2.45) is 0 Å². The molecule has 0 saturated heterocycles. The second-order valence-corrected chi connectivity index (χ2v) is 1.42. The molecule has 6 heavy (non-hydrogen) atoms. The summed E-state index contributed by atoms with van der Waals surface area (Å²) in [6, 6.07) is 0. The molecule has 0 rings (SSSR count). The van der Waals surface area contributed by atoms with E-state index in [1.54, 1.807) is 0 Å². The molecule has 36 valence electrons. The van der Waals surface area contributed by atoms with Gasteiger partial charge in [-0.1, -0.05) is 0 Å². The molecule has 0 amide bonds. The molecule has 3 nitrogen and oxygen atoms in total. The molecule has 0 saturated carbocycles. The van der Waals surface area contributed by atoms with Gasteiger partial charge in [0.1, 0.15) is 0 Å². The Kier molecular flexibility index (Phi) is 5.96. The van der Waals surface area contributed by atoms with E-state index in [9.17, 15) is 4.20 Å². The summed E-state index contributed by atoms with van der Waals surface area (Å²) in [6.45, 7) is 0. The SMILES string of the molecule is O=P(O)(O)F.[Nd]. The Bertz CT molecular complexity index is 56.9. The van der Waals surface area contributed by atoms with Gasteiger partial charge in [-0.2, -0.15) is 0 Å². The maximum absolute atomic E-state index is 10.4. The van der Waals surface area contributed by atoms with E-state index in [1.165, 1.54) is 0 Å². The van der Waals surface area contributed by atoms with Crippen molar-refractivity contribution in [1.29, 1.82) is 0 Å². The molecule has 6 heteroatoms. The first-order chi connectivity index (χ1) is 2.00. The van der Waals surface area contributed by atoms with Crippen LogP contribution in [0.2, 0.25) is 0 Å². The van der Waals surface area contributed by atoms with Crippen LogP contribution in [0.5, 0.6) is 0 Å². The zero-order chi connectivity index (χ0) is 4.50. The first kappa shape index (κ1) is 10.4. The maximum Gasteiger partial charge on any atom is 0.507 e. The first-order valence-corrected chi connectivity index (χ1v) is 2.25. The van der Waals surface area contributed by atoms with E-state index in [-0.39, 0.29) is 40.8 Å². The summed E-state index contributed by atoms with van der Waals surface area (Å²) in [7, 11) is -5.14. The van der Waals surface area contributed by atoms with Crippen molar-refractivity contribution in [1.82, 2.24) is 0 Å². The Morgan fingerprint density at radius 2 is 1.50 bits per heavy atom. The van der Waals surface area contributed by atoms with E-state index in [0.29, 0.717) is 0 Å². The summed E-state index contributed by atoms with van der Waals surface area (Å²) in [6.07, 6.45) is 0. The predicted octanol–water partition coefficient (Wildman–Crippen LogP) is 0.0486. The normalized spacial score (nSPS) is 9.83. The van der Waals surface area contributed by atoms with Crippen molar-refractivity contribution in [3.8, 4) is 0 Å². The van der Waals surface area contributed by atoms with Crippen LogP contribution < -0.4 is 0 Å². The van der Waals surface area contributed by atoms with Crippen molar-refractivity contribution in [2.45, 2.75) is 0 Å². The second kappa shape index (κ2) is 3.43. The molecule has 0 aromatic rings. The van der Waals surface area contributed by atoms with Crippen LogP contribution in [-0.2, 0) is 4.57 Å². The summed E-state index contributed by atoms with van der Waals surface area (Å²) in [4.78, 5) is 13.9. The van der Waals surface area contributed by atoms with Gasteiger partial charge in [0.15, 0.2) is 0 Å². The molecule has 0 fully saturated rings. The van der Waals surface area contributed by atoms with Gasteiger partial charge in [0.25, 0.3) is 0 Å². The molecule has 0 aromatic heterocycles. The van der Waals surface area contributed by atoms with Crippen LogP contribution >= 0.6 is 7.91 Å². The van der Waals surface area contributed by atoms with Gasteiger partial charge in [0, 0.05) is 40.8 Å². The molecule has 0 spiro atoms. The topological polar surface area (TPSA) is 57.5 Å². The molecule has 0 aromatic carbocycles. The van der Waals surface area contributed by atoms with Gasteiger partial charge >= 0.3 is 7.91 Å². The second-order valence-electron chi connectivity index (χ2n) is 0.473. The maximum atomic E-state index is 10.4. The van der Waals surface area contributed by atoms with E-state index in [4.69, 9.17) is 14.4 Å². The Morgan fingerprint density at radius 3 is 1.50 bits per heavy atom. The molecule has 0 bridgehead atoms. The number of hydrogen-bond donors (Lipinski definition) is 2. The Balaban J connectivity index is 0. The van der Waals surface area contributed by atoms with Crippen molar-refractivity contribution in [3.63, 3.8) is 0 Å². The molecule has 0 aliphatic heterocycles. The molecule has 0 radical (unpaired) electrons. The minimum Gasteiger partial charge on any atom is -0.299 e. The predicted molar refractivity (Wildman–Crippen MR) is 13.2 cm³/mol. The average molecular weight is 244 g/mol. The third-order valence-corrected chi connectivity index (χ3v) is 0. The van der Waals surface area contributed by atoms with Crippen LogP contribution in [-0.4, -0.2) is 9.79 Å². The number of halogens is 1. The average Bonchev–Trinajstić information content (AvgIpc) is 0.722. The molecule has 0 aliphatic rings. The number of rotatable bonds is 0. The van der Waals surface area contributed by atoms with Crippen LogP contribution in [0.15, 0.2) is 0 Å². The van der Waals surface area contributed by atoms with Gasteiger partial charge in [-0.3, -0.25) is 9.79 Å². The summed E-state index contributed by atoms with van der Waals surface area (Å²) < 4.78 is 19.0. The standard InChI is InChI=1S/FH2O3P.Nd/c1-5(2,3)4;/h(H2,2,3,4);. The molecular weight excluding hydrogens is 242 g/mol. The third kappa shape index (κ3) is 52.1. The van der Waals surface area contributed by atoms with E-state index in [0.717, 1.165) is 0 Å². The minimum atomic E-state index is -5.14. The minimum absolute atomic E-state index is 0. The van der Waals surface area contributed by atoms with Crippen molar-refractivity contribution < 1.29 is 59.4 Å². The molecule has 0 unspecified atom stereocenters. The fourth-order valence-electron chi connectivity index (χ4n) is 0. The molecule has 0 aliphatic carbocycles. The van der Waals surface area contributed by atoms with Crippen LogP contribution in [0.1, 0.15) is 0 Å². The van der Waals surface area contributed by atoms with Gasteiger partial charge in [-0.25, -0.2) is 4.57 Å². The molecule has 0 heterocycles. The Morgan fingerprint density at radius 1 is 1.50 bits per heavy atom. The van der Waals surface area contributed by atoms with Gasteiger partial charge in [0.05, 0.1) is 0 Å². The fourth-order valence-corrected chi connectivity index (χ4v) is 0. The molecule has 2 N–H and O–H groups in total. The summed E-state index contributed by atoms with van der Waals surface area (Å²) in [5.41, 5.74) is 0. The van der Waals surface area contributed by atoms with Crippen molar-refractivity contribution >= 4 is 7.91 Å². The van der Waals surface area contributed by atoms with Gasteiger partial charge < -0.3 is 0 Å². The smallest absolute Gasteiger partial charge is 0.299 e. The Hall–Kier alpha value is 1.43. The molecule has 0 atom stereocenters. The summed E-state index contributed by atoms with van der Waals surface area (Å²) in [5.74, 6) is 0.